The fourth-order valence-corrected chi connectivity index (χ4v) is 1.75. The van der Waals surface area contributed by atoms with Gasteiger partial charge in [-0.3, -0.25) is 4.98 Å². The Labute approximate surface area is 105 Å². The van der Waals surface area contributed by atoms with Crippen molar-refractivity contribution in [1.82, 2.24) is 4.98 Å². The van der Waals surface area contributed by atoms with E-state index in [9.17, 15) is 0 Å². The van der Waals surface area contributed by atoms with Crippen molar-refractivity contribution in [1.29, 1.82) is 0 Å². The van der Waals surface area contributed by atoms with Gasteiger partial charge in [-0.2, -0.15) is 0 Å². The summed E-state index contributed by atoms with van der Waals surface area (Å²) in [5.41, 5.74) is 2.16. The second-order valence-corrected chi connectivity index (χ2v) is 5.03. The van der Waals surface area contributed by atoms with E-state index in [1.807, 2.05) is 24.4 Å². The van der Waals surface area contributed by atoms with Crippen molar-refractivity contribution in [3.05, 3.63) is 50.6 Å². The van der Waals surface area contributed by atoms with Crippen LogP contribution in [0.25, 0.3) is 11.3 Å². The van der Waals surface area contributed by atoms with Crippen molar-refractivity contribution in [2.45, 2.75) is 0 Å². The first-order valence-electron chi connectivity index (χ1n) is 4.13. The summed E-state index contributed by atoms with van der Waals surface area (Å²) in [6.45, 7) is 0. The maximum Gasteiger partial charge on any atom is 0.0702 e. The predicted octanol–water partition coefficient (Wildman–Crippen LogP) is 4.12. The first-order valence-corrected chi connectivity index (χ1v) is 6.00. The molecule has 0 amide bonds. The average Bonchev–Trinajstić information content (AvgIpc) is 2.21. The van der Waals surface area contributed by atoms with Gasteiger partial charge in [0, 0.05) is 19.8 Å². The molecule has 1 aromatic heterocycles. The van der Waals surface area contributed by atoms with Crippen LogP contribution in [-0.4, -0.2) is 4.98 Å². The highest BCUT2D eigenvalue weighted by molar-refractivity contribution is 14.1. The molecular weight excluding hydrogens is 353 g/mol. The molecule has 0 atom stereocenters. The van der Waals surface area contributed by atoms with E-state index in [1.165, 1.54) is 0 Å². The highest BCUT2D eigenvalue weighted by atomic mass is 127. The van der Waals surface area contributed by atoms with Crippen molar-refractivity contribution in [3.63, 3.8) is 0 Å². The summed E-state index contributed by atoms with van der Waals surface area (Å²) >= 11 is 5.66. The lowest BCUT2D eigenvalue weighted by molar-refractivity contribution is 1.31. The lowest BCUT2D eigenvalue weighted by Gasteiger charge is -2.00. The molecule has 0 aliphatic heterocycles. The van der Waals surface area contributed by atoms with Crippen molar-refractivity contribution >= 4 is 38.5 Å². The van der Waals surface area contributed by atoms with Gasteiger partial charge in [0.2, 0.25) is 0 Å². The lowest BCUT2D eigenvalue weighted by atomic mass is 10.1. The van der Waals surface area contributed by atoms with Gasteiger partial charge in [0.15, 0.2) is 0 Å². The van der Waals surface area contributed by atoms with Crippen LogP contribution < -0.4 is 0 Å². The Morgan fingerprint density at radius 1 is 1.00 bits per heavy atom. The molecule has 0 unspecified atom stereocenters. The van der Waals surface area contributed by atoms with E-state index in [4.69, 9.17) is 0 Å². The van der Waals surface area contributed by atoms with Crippen LogP contribution in [0.3, 0.4) is 0 Å². The van der Waals surface area contributed by atoms with Crippen LogP contribution in [0.1, 0.15) is 0 Å². The summed E-state index contributed by atoms with van der Waals surface area (Å²) in [6.07, 6.45) is 1.87. The van der Waals surface area contributed by atoms with Crippen LogP contribution in [0.4, 0.5) is 0 Å². The quantitative estimate of drug-likeness (QED) is 0.698. The molecule has 1 aromatic carbocycles. The van der Waals surface area contributed by atoms with Crippen LogP contribution in [0, 0.1) is 3.57 Å². The van der Waals surface area contributed by atoms with Gasteiger partial charge in [0.05, 0.1) is 5.69 Å². The fourth-order valence-electron chi connectivity index (χ4n) is 1.17. The minimum Gasteiger partial charge on any atom is -0.255 e. The third-order valence-corrected chi connectivity index (χ3v) is 3.03. The standard InChI is InChI=1S/C11H7BrIN/c12-9-3-1-8(2-4-9)11-6-5-10(13)7-14-11/h1-7H. The third kappa shape index (κ3) is 2.33. The van der Waals surface area contributed by atoms with E-state index in [1.54, 1.807) is 0 Å². The summed E-state index contributed by atoms with van der Waals surface area (Å²) in [6, 6.07) is 12.2. The van der Waals surface area contributed by atoms with Gasteiger partial charge in [-0.25, -0.2) is 0 Å². The molecule has 70 valence electrons. The maximum atomic E-state index is 4.36. The topological polar surface area (TPSA) is 12.9 Å². The summed E-state index contributed by atoms with van der Waals surface area (Å²) < 4.78 is 2.25. The zero-order chi connectivity index (χ0) is 9.97. The number of nitrogens with zero attached hydrogens (tertiary/aromatic N) is 1. The number of halogens is 2. The molecule has 0 saturated carbocycles. The van der Waals surface area contributed by atoms with E-state index < -0.39 is 0 Å². The monoisotopic (exact) mass is 359 g/mol. The smallest absolute Gasteiger partial charge is 0.0702 e. The van der Waals surface area contributed by atoms with Gasteiger partial charge in [-0.1, -0.05) is 28.1 Å². The van der Waals surface area contributed by atoms with Gasteiger partial charge in [-0.05, 0) is 46.9 Å². The molecule has 0 bridgehead atoms. The van der Waals surface area contributed by atoms with E-state index in [0.717, 1.165) is 19.3 Å². The highest BCUT2D eigenvalue weighted by Gasteiger charge is 1.97. The van der Waals surface area contributed by atoms with Crippen molar-refractivity contribution in [2.75, 3.05) is 0 Å². The molecule has 14 heavy (non-hydrogen) atoms. The Kier molecular flexibility index (Phi) is 3.18. The molecule has 0 aliphatic carbocycles. The summed E-state index contributed by atoms with van der Waals surface area (Å²) in [5, 5.41) is 0. The minimum absolute atomic E-state index is 1.01. The summed E-state index contributed by atoms with van der Waals surface area (Å²) in [5.74, 6) is 0. The average molecular weight is 360 g/mol. The van der Waals surface area contributed by atoms with Crippen LogP contribution in [0.2, 0.25) is 0 Å². The summed E-state index contributed by atoms with van der Waals surface area (Å²) in [7, 11) is 0. The number of rotatable bonds is 1. The first-order chi connectivity index (χ1) is 6.75. The SMILES string of the molecule is Brc1ccc(-c2ccc(I)cn2)cc1. The normalized spacial score (nSPS) is 10.1. The van der Waals surface area contributed by atoms with Crippen molar-refractivity contribution in [3.8, 4) is 11.3 Å². The highest BCUT2D eigenvalue weighted by Crippen LogP contribution is 2.20. The molecule has 1 nitrogen and oxygen atoms in total. The molecule has 0 aliphatic rings. The molecule has 0 radical (unpaired) electrons. The van der Waals surface area contributed by atoms with Gasteiger partial charge < -0.3 is 0 Å². The van der Waals surface area contributed by atoms with Crippen molar-refractivity contribution in [2.24, 2.45) is 0 Å². The molecular formula is C11H7BrIN. The van der Waals surface area contributed by atoms with Gasteiger partial charge in [0.1, 0.15) is 0 Å². The molecule has 0 saturated heterocycles. The number of pyridine rings is 1. The zero-order valence-electron chi connectivity index (χ0n) is 7.24. The number of benzene rings is 1. The lowest BCUT2D eigenvalue weighted by Crippen LogP contribution is -1.83. The molecule has 0 fully saturated rings. The van der Waals surface area contributed by atoms with Crippen LogP contribution in [0.5, 0.6) is 0 Å². The van der Waals surface area contributed by atoms with E-state index in [2.05, 4.69) is 61.7 Å². The molecule has 2 aromatic rings. The zero-order valence-corrected chi connectivity index (χ0v) is 11.0. The van der Waals surface area contributed by atoms with Crippen molar-refractivity contribution < 1.29 is 0 Å². The predicted molar refractivity (Wildman–Crippen MR) is 70.1 cm³/mol. The Morgan fingerprint density at radius 3 is 2.29 bits per heavy atom. The van der Waals surface area contributed by atoms with Gasteiger partial charge in [-0.15, -0.1) is 0 Å². The van der Waals surface area contributed by atoms with Crippen LogP contribution in [0.15, 0.2) is 47.1 Å². The molecule has 0 N–H and O–H groups in total. The Hall–Kier alpha value is -0.420. The Bertz CT molecular complexity index is 379. The second kappa shape index (κ2) is 4.40. The number of aromatic nitrogens is 1. The Balaban J connectivity index is 2.40. The summed E-state index contributed by atoms with van der Waals surface area (Å²) in [4.78, 5) is 4.36. The molecule has 0 spiro atoms. The van der Waals surface area contributed by atoms with Gasteiger partial charge in [0.25, 0.3) is 0 Å². The third-order valence-electron chi connectivity index (χ3n) is 1.87. The van der Waals surface area contributed by atoms with Crippen LogP contribution >= 0.6 is 38.5 Å². The molecule has 2 rings (SSSR count). The minimum atomic E-state index is 1.01. The number of hydrogen-bond acceptors (Lipinski definition) is 1. The van der Waals surface area contributed by atoms with E-state index >= 15 is 0 Å². The first kappa shape index (κ1) is 10.1. The van der Waals surface area contributed by atoms with Crippen LogP contribution in [-0.2, 0) is 0 Å². The number of hydrogen-bond donors (Lipinski definition) is 0. The fraction of sp³-hybridized carbons (Fsp3) is 0. The second-order valence-electron chi connectivity index (χ2n) is 2.87. The van der Waals surface area contributed by atoms with Gasteiger partial charge >= 0.3 is 0 Å². The van der Waals surface area contributed by atoms with E-state index in [0.29, 0.717) is 0 Å². The largest absolute Gasteiger partial charge is 0.255 e. The Morgan fingerprint density at radius 2 is 1.71 bits per heavy atom. The maximum absolute atomic E-state index is 4.36. The van der Waals surface area contributed by atoms with E-state index in [-0.39, 0.29) is 0 Å². The molecule has 3 heteroatoms. The molecule has 1 heterocycles.